The van der Waals surface area contributed by atoms with E-state index in [0.717, 1.165) is 53.1 Å². The molecule has 0 radical (unpaired) electrons. The molecule has 2 aromatic heterocycles. The van der Waals surface area contributed by atoms with Gasteiger partial charge in [0.05, 0.1) is 5.52 Å². The fourth-order valence-corrected chi connectivity index (χ4v) is 5.39. The number of rotatable bonds is 2. The second kappa shape index (κ2) is 10.4. The van der Waals surface area contributed by atoms with Crippen LogP contribution in [-0.2, 0) is 6.42 Å². The first-order valence-corrected chi connectivity index (χ1v) is 12.9. The molecule has 0 amide bonds. The monoisotopic (exact) mass is 522 g/mol. The maximum absolute atomic E-state index is 12.4. The van der Waals surface area contributed by atoms with Gasteiger partial charge in [0.2, 0.25) is 0 Å². The van der Waals surface area contributed by atoms with Crippen molar-refractivity contribution < 1.29 is 17.9 Å². The molecule has 39 heavy (non-hydrogen) atoms. The van der Waals surface area contributed by atoms with Crippen LogP contribution in [0.2, 0.25) is 0 Å². The third kappa shape index (κ3) is 5.41. The van der Waals surface area contributed by atoms with Gasteiger partial charge >= 0.3 is 6.36 Å². The molecule has 0 fully saturated rings. The minimum atomic E-state index is -4.67. The number of hydrogen-bond donors (Lipinski definition) is 0. The van der Waals surface area contributed by atoms with Gasteiger partial charge in [0, 0.05) is 24.0 Å². The first kappa shape index (κ1) is 24.9. The first-order valence-electron chi connectivity index (χ1n) is 12.9. The van der Waals surface area contributed by atoms with Crippen molar-refractivity contribution in [3.05, 3.63) is 120 Å². The van der Waals surface area contributed by atoms with E-state index in [1.807, 2.05) is 30.5 Å². The Morgan fingerprint density at radius 1 is 0.769 bits per heavy atom. The molecule has 0 saturated heterocycles. The summed E-state index contributed by atoms with van der Waals surface area (Å²) < 4.78 is 41.0. The minimum Gasteiger partial charge on any atom is -0.406 e. The van der Waals surface area contributed by atoms with Crippen molar-refractivity contribution in [2.45, 2.75) is 32.0 Å². The molecule has 3 nitrogen and oxygen atoms in total. The molecule has 7 rings (SSSR count). The van der Waals surface area contributed by atoms with Gasteiger partial charge in [-0.2, -0.15) is 0 Å². The van der Waals surface area contributed by atoms with Crippen LogP contribution < -0.4 is 4.74 Å². The van der Waals surface area contributed by atoms with Gasteiger partial charge in [-0.25, -0.2) is 0 Å². The van der Waals surface area contributed by atoms with Crippen LogP contribution in [0.15, 0.2) is 109 Å². The number of hydrogen-bond acceptors (Lipinski definition) is 3. The summed E-state index contributed by atoms with van der Waals surface area (Å²) in [5.74, 6) is -0.208. The minimum absolute atomic E-state index is 0.208. The normalized spacial score (nSPS) is 14.4. The molecule has 0 N–H and O–H groups in total. The third-order valence-corrected chi connectivity index (χ3v) is 7.20. The van der Waals surface area contributed by atoms with E-state index in [0.29, 0.717) is 0 Å². The first-order chi connectivity index (χ1) is 18.9. The zero-order valence-electron chi connectivity index (χ0n) is 21.1. The topological polar surface area (TPSA) is 35.0 Å². The second-order valence-electron chi connectivity index (χ2n) is 9.63. The van der Waals surface area contributed by atoms with Crippen molar-refractivity contribution in [2.75, 3.05) is 0 Å². The Bertz CT molecular complexity index is 1650. The molecule has 2 aliphatic carbocycles. The lowest BCUT2D eigenvalue weighted by atomic mass is 9.79. The SMILES string of the molecule is FC(F)(F)Oc1ccc(-c2ccc3c4c(ccc3c2)C2=C(CCC=C2)CC4)cc1.c1cnc2ccncc2c1. The summed E-state index contributed by atoms with van der Waals surface area (Å²) in [5.41, 5.74) is 8.53. The Balaban J connectivity index is 0.000000231. The molecular formula is C33H25F3N2O. The van der Waals surface area contributed by atoms with E-state index in [1.165, 1.54) is 34.2 Å². The number of aromatic nitrogens is 2. The standard InChI is InChI=1S/C25H19F3O.C8H6N2/c26-25(27,28)29-20-10-5-16(6-11-20)18-8-12-22-19(15-18)9-14-23-21-4-2-1-3-17(21)7-13-24(22)23;1-2-7-6-9-5-3-8(7)10-4-1/h2,4-6,8-12,14-15H,1,3,7,13H2;1-6H. The molecule has 0 unspecified atom stereocenters. The largest absolute Gasteiger partial charge is 0.573 e. The van der Waals surface area contributed by atoms with Crippen LogP contribution >= 0.6 is 0 Å². The highest BCUT2D eigenvalue weighted by Gasteiger charge is 2.31. The molecule has 194 valence electrons. The summed E-state index contributed by atoms with van der Waals surface area (Å²) in [7, 11) is 0. The van der Waals surface area contributed by atoms with Crippen LogP contribution in [0.25, 0.3) is 38.4 Å². The zero-order valence-corrected chi connectivity index (χ0v) is 21.1. The summed E-state index contributed by atoms with van der Waals surface area (Å²) in [6, 6.07) is 22.5. The van der Waals surface area contributed by atoms with Gasteiger partial charge in [0.15, 0.2) is 0 Å². The van der Waals surface area contributed by atoms with Gasteiger partial charge < -0.3 is 4.74 Å². The number of pyridine rings is 2. The number of aryl methyl sites for hydroxylation is 1. The number of nitrogens with zero attached hydrogens (tertiary/aromatic N) is 2. The molecule has 0 aliphatic heterocycles. The average Bonchev–Trinajstić information content (AvgIpc) is 2.96. The van der Waals surface area contributed by atoms with Gasteiger partial charge in [-0.1, -0.05) is 54.1 Å². The number of benzene rings is 3. The molecule has 3 aromatic carbocycles. The lowest BCUT2D eigenvalue weighted by molar-refractivity contribution is -0.274. The summed E-state index contributed by atoms with van der Waals surface area (Å²) in [4.78, 5) is 8.11. The summed E-state index contributed by atoms with van der Waals surface area (Å²) in [6.45, 7) is 0. The van der Waals surface area contributed by atoms with Crippen molar-refractivity contribution in [3.63, 3.8) is 0 Å². The maximum Gasteiger partial charge on any atom is 0.573 e. The highest BCUT2D eigenvalue weighted by molar-refractivity contribution is 5.96. The molecule has 0 saturated carbocycles. The highest BCUT2D eigenvalue weighted by atomic mass is 19.4. The van der Waals surface area contributed by atoms with Crippen LogP contribution in [0.1, 0.15) is 30.4 Å². The van der Waals surface area contributed by atoms with Crippen molar-refractivity contribution in [3.8, 4) is 16.9 Å². The van der Waals surface area contributed by atoms with E-state index >= 15 is 0 Å². The second-order valence-corrected chi connectivity index (χ2v) is 9.63. The fourth-order valence-electron chi connectivity index (χ4n) is 5.39. The Morgan fingerprint density at radius 2 is 1.62 bits per heavy atom. The average molecular weight is 523 g/mol. The lowest BCUT2D eigenvalue weighted by Crippen LogP contribution is -2.16. The number of ether oxygens (including phenoxy) is 1. The highest BCUT2D eigenvalue weighted by Crippen LogP contribution is 2.40. The van der Waals surface area contributed by atoms with E-state index < -0.39 is 6.36 Å². The van der Waals surface area contributed by atoms with Crippen LogP contribution in [0.5, 0.6) is 5.75 Å². The van der Waals surface area contributed by atoms with Gasteiger partial charge in [0.25, 0.3) is 0 Å². The van der Waals surface area contributed by atoms with Gasteiger partial charge in [-0.3, -0.25) is 9.97 Å². The van der Waals surface area contributed by atoms with Gasteiger partial charge in [-0.05, 0) is 101 Å². The Kier molecular flexibility index (Phi) is 6.61. The molecule has 5 aromatic rings. The summed E-state index contributed by atoms with van der Waals surface area (Å²) in [6.07, 6.45) is 9.66. The van der Waals surface area contributed by atoms with E-state index in [1.54, 1.807) is 30.1 Å². The van der Waals surface area contributed by atoms with Crippen LogP contribution in [0.3, 0.4) is 0 Å². The summed E-state index contributed by atoms with van der Waals surface area (Å²) in [5, 5.41) is 3.50. The van der Waals surface area contributed by atoms with E-state index in [9.17, 15) is 13.2 Å². The quantitative estimate of drug-likeness (QED) is 0.232. The third-order valence-electron chi connectivity index (χ3n) is 7.20. The van der Waals surface area contributed by atoms with E-state index in [-0.39, 0.29) is 5.75 Å². The van der Waals surface area contributed by atoms with Crippen molar-refractivity contribution in [2.24, 2.45) is 0 Å². The van der Waals surface area contributed by atoms with Crippen LogP contribution in [-0.4, -0.2) is 16.3 Å². The van der Waals surface area contributed by atoms with Gasteiger partial charge in [0.1, 0.15) is 5.75 Å². The van der Waals surface area contributed by atoms with Crippen LogP contribution in [0.4, 0.5) is 13.2 Å². The molecule has 0 spiro atoms. The lowest BCUT2D eigenvalue weighted by Gasteiger charge is -2.25. The number of allylic oxidation sites excluding steroid dienone is 4. The number of halogens is 3. The fraction of sp³-hybridized carbons (Fsp3) is 0.152. The van der Waals surface area contributed by atoms with Crippen molar-refractivity contribution in [1.29, 1.82) is 0 Å². The van der Waals surface area contributed by atoms with Gasteiger partial charge in [-0.15, -0.1) is 13.2 Å². The van der Waals surface area contributed by atoms with E-state index in [2.05, 4.69) is 51.1 Å². The molecular weight excluding hydrogens is 497 g/mol. The smallest absolute Gasteiger partial charge is 0.406 e. The van der Waals surface area contributed by atoms with E-state index in [4.69, 9.17) is 0 Å². The molecule has 0 bridgehead atoms. The van der Waals surface area contributed by atoms with Crippen molar-refractivity contribution in [1.82, 2.24) is 9.97 Å². The Labute approximate surface area is 224 Å². The molecule has 2 heterocycles. The maximum atomic E-state index is 12.4. The van der Waals surface area contributed by atoms with Crippen LogP contribution in [0, 0.1) is 0 Å². The number of alkyl halides is 3. The summed E-state index contributed by atoms with van der Waals surface area (Å²) >= 11 is 0. The van der Waals surface area contributed by atoms with Crippen molar-refractivity contribution >= 4 is 27.2 Å². The molecule has 6 heteroatoms. The molecule has 0 atom stereocenters. The Hall–Kier alpha value is -4.45. The Morgan fingerprint density at radius 3 is 2.44 bits per heavy atom. The zero-order chi connectivity index (χ0) is 26.8. The number of fused-ring (bicyclic) bond motifs is 5. The predicted octanol–water partition coefficient (Wildman–Crippen LogP) is 9.08. The predicted molar refractivity (Wildman–Crippen MR) is 149 cm³/mol. The molecule has 2 aliphatic rings.